The lowest BCUT2D eigenvalue weighted by molar-refractivity contribution is 0.260. The van der Waals surface area contributed by atoms with Crippen LogP contribution in [-0.4, -0.2) is 17.5 Å². The van der Waals surface area contributed by atoms with E-state index in [-0.39, 0.29) is 0 Å². The Bertz CT molecular complexity index is 348. The van der Waals surface area contributed by atoms with Crippen LogP contribution in [0.5, 0.6) is 0 Å². The minimum atomic E-state index is 0.748. The van der Waals surface area contributed by atoms with Crippen molar-refractivity contribution in [3.8, 4) is 0 Å². The zero-order valence-corrected chi connectivity index (χ0v) is 11.0. The molecule has 1 aromatic rings. The van der Waals surface area contributed by atoms with Crippen LogP contribution in [0, 0.1) is 6.92 Å². The first-order valence-corrected chi connectivity index (χ1v) is 6.46. The fourth-order valence-electron chi connectivity index (χ4n) is 2.28. The van der Waals surface area contributed by atoms with Gasteiger partial charge >= 0.3 is 0 Å². The van der Waals surface area contributed by atoms with E-state index in [4.69, 9.17) is 0 Å². The molecular formula is C13H18BrN. The first-order chi connectivity index (χ1) is 7.18. The number of hydrogen-bond donors (Lipinski definition) is 0. The van der Waals surface area contributed by atoms with Gasteiger partial charge in [-0.15, -0.1) is 0 Å². The van der Waals surface area contributed by atoms with Crippen molar-refractivity contribution in [2.24, 2.45) is 0 Å². The van der Waals surface area contributed by atoms with Gasteiger partial charge in [0.25, 0.3) is 0 Å². The standard InChI is InChI=1S/C13H18BrN/c1-10-5-3-7-12(13(10)14)9-15-8-4-6-11(15)2/h3,5,7,11H,4,6,8-9H2,1-2H3/t11-/m1/s1. The Morgan fingerprint density at radius 2 is 2.27 bits per heavy atom. The van der Waals surface area contributed by atoms with Crippen molar-refractivity contribution in [1.29, 1.82) is 0 Å². The average molecular weight is 268 g/mol. The molecule has 1 aliphatic rings. The Morgan fingerprint density at radius 1 is 1.47 bits per heavy atom. The van der Waals surface area contributed by atoms with Gasteiger partial charge in [0.15, 0.2) is 0 Å². The highest BCUT2D eigenvalue weighted by atomic mass is 79.9. The highest BCUT2D eigenvalue weighted by molar-refractivity contribution is 9.10. The van der Waals surface area contributed by atoms with E-state index in [0.717, 1.165) is 12.6 Å². The van der Waals surface area contributed by atoms with Crippen LogP contribution in [0.2, 0.25) is 0 Å². The van der Waals surface area contributed by atoms with Gasteiger partial charge in [-0.05, 0) is 44.4 Å². The molecule has 0 bridgehead atoms. The first-order valence-electron chi connectivity index (χ1n) is 5.66. The summed E-state index contributed by atoms with van der Waals surface area (Å²) in [5.74, 6) is 0. The summed E-state index contributed by atoms with van der Waals surface area (Å²) in [6.45, 7) is 6.82. The van der Waals surface area contributed by atoms with E-state index < -0.39 is 0 Å². The van der Waals surface area contributed by atoms with E-state index in [1.807, 2.05) is 0 Å². The lowest BCUT2D eigenvalue weighted by Gasteiger charge is -2.22. The number of benzene rings is 1. The fraction of sp³-hybridized carbons (Fsp3) is 0.538. The van der Waals surface area contributed by atoms with E-state index in [2.05, 4.69) is 52.9 Å². The molecule has 1 fully saturated rings. The van der Waals surface area contributed by atoms with Crippen molar-refractivity contribution < 1.29 is 0 Å². The number of rotatable bonds is 2. The molecule has 1 nitrogen and oxygen atoms in total. The molecular weight excluding hydrogens is 250 g/mol. The fourth-order valence-corrected chi connectivity index (χ4v) is 2.67. The minimum Gasteiger partial charge on any atom is -0.296 e. The van der Waals surface area contributed by atoms with Gasteiger partial charge in [0.2, 0.25) is 0 Å². The minimum absolute atomic E-state index is 0.748. The predicted molar refractivity (Wildman–Crippen MR) is 68.0 cm³/mol. The SMILES string of the molecule is Cc1cccc(CN2CCC[C@H]2C)c1Br. The Labute approximate surface area is 101 Å². The molecule has 0 N–H and O–H groups in total. The molecule has 82 valence electrons. The third-order valence-electron chi connectivity index (χ3n) is 3.34. The molecule has 0 aliphatic carbocycles. The van der Waals surface area contributed by atoms with Gasteiger partial charge in [-0.2, -0.15) is 0 Å². The van der Waals surface area contributed by atoms with Crippen molar-refractivity contribution in [2.75, 3.05) is 6.54 Å². The second-order valence-corrected chi connectivity index (χ2v) is 5.30. The molecule has 1 aromatic carbocycles. The molecule has 2 rings (SSSR count). The number of halogens is 1. The van der Waals surface area contributed by atoms with Gasteiger partial charge in [0, 0.05) is 17.1 Å². The van der Waals surface area contributed by atoms with Crippen molar-refractivity contribution in [3.63, 3.8) is 0 Å². The van der Waals surface area contributed by atoms with Crippen LogP contribution in [0.25, 0.3) is 0 Å². The van der Waals surface area contributed by atoms with Crippen molar-refractivity contribution >= 4 is 15.9 Å². The molecule has 0 amide bonds. The molecule has 0 aromatic heterocycles. The smallest absolute Gasteiger partial charge is 0.0249 e. The molecule has 2 heteroatoms. The quantitative estimate of drug-likeness (QED) is 0.789. The lowest BCUT2D eigenvalue weighted by Crippen LogP contribution is -2.26. The van der Waals surface area contributed by atoms with E-state index in [1.54, 1.807) is 0 Å². The summed E-state index contributed by atoms with van der Waals surface area (Å²) in [6, 6.07) is 7.27. The second kappa shape index (κ2) is 4.67. The Kier molecular flexibility index (Phi) is 3.47. The summed E-state index contributed by atoms with van der Waals surface area (Å²) in [6.07, 6.45) is 2.70. The summed E-state index contributed by atoms with van der Waals surface area (Å²) >= 11 is 3.68. The monoisotopic (exact) mass is 267 g/mol. The van der Waals surface area contributed by atoms with Crippen molar-refractivity contribution in [1.82, 2.24) is 4.90 Å². The number of nitrogens with zero attached hydrogens (tertiary/aromatic N) is 1. The van der Waals surface area contributed by atoms with Gasteiger partial charge < -0.3 is 0 Å². The number of likely N-dealkylation sites (tertiary alicyclic amines) is 1. The highest BCUT2D eigenvalue weighted by Crippen LogP contribution is 2.25. The Morgan fingerprint density at radius 3 is 2.93 bits per heavy atom. The van der Waals surface area contributed by atoms with Crippen LogP contribution in [-0.2, 0) is 6.54 Å². The molecule has 1 atom stereocenters. The van der Waals surface area contributed by atoms with Crippen LogP contribution in [0.1, 0.15) is 30.9 Å². The zero-order chi connectivity index (χ0) is 10.8. The summed E-state index contributed by atoms with van der Waals surface area (Å²) in [7, 11) is 0. The largest absolute Gasteiger partial charge is 0.296 e. The third kappa shape index (κ3) is 2.43. The van der Waals surface area contributed by atoms with Gasteiger partial charge in [-0.25, -0.2) is 0 Å². The first kappa shape index (κ1) is 11.2. The molecule has 1 saturated heterocycles. The molecule has 0 radical (unpaired) electrons. The topological polar surface area (TPSA) is 3.24 Å². The molecule has 1 aliphatic heterocycles. The summed E-state index contributed by atoms with van der Waals surface area (Å²) in [4.78, 5) is 2.57. The molecule has 1 heterocycles. The predicted octanol–water partition coefficient (Wildman–Crippen LogP) is 3.74. The zero-order valence-electron chi connectivity index (χ0n) is 9.46. The lowest BCUT2D eigenvalue weighted by atomic mass is 10.1. The number of hydrogen-bond acceptors (Lipinski definition) is 1. The van der Waals surface area contributed by atoms with Gasteiger partial charge in [0.1, 0.15) is 0 Å². The Balaban J connectivity index is 2.13. The van der Waals surface area contributed by atoms with E-state index in [1.165, 1.54) is 35.0 Å². The van der Waals surface area contributed by atoms with Gasteiger partial charge in [-0.1, -0.05) is 34.1 Å². The summed E-state index contributed by atoms with van der Waals surface area (Å²) in [5, 5.41) is 0. The highest BCUT2D eigenvalue weighted by Gasteiger charge is 2.20. The molecule has 15 heavy (non-hydrogen) atoms. The van der Waals surface area contributed by atoms with Crippen LogP contribution in [0.3, 0.4) is 0 Å². The normalized spacial score (nSPS) is 22.2. The summed E-state index contributed by atoms with van der Waals surface area (Å²) in [5.41, 5.74) is 2.75. The van der Waals surface area contributed by atoms with Gasteiger partial charge in [0.05, 0.1) is 0 Å². The average Bonchev–Trinajstić information content (AvgIpc) is 2.60. The molecule has 0 spiro atoms. The van der Waals surface area contributed by atoms with E-state index >= 15 is 0 Å². The maximum Gasteiger partial charge on any atom is 0.0249 e. The van der Waals surface area contributed by atoms with Crippen molar-refractivity contribution in [2.45, 2.75) is 39.3 Å². The van der Waals surface area contributed by atoms with E-state index in [0.29, 0.717) is 0 Å². The number of aryl methyl sites for hydroxylation is 1. The van der Waals surface area contributed by atoms with Crippen LogP contribution in [0.4, 0.5) is 0 Å². The maximum atomic E-state index is 3.68. The van der Waals surface area contributed by atoms with Crippen LogP contribution >= 0.6 is 15.9 Å². The maximum absolute atomic E-state index is 3.68. The van der Waals surface area contributed by atoms with Crippen molar-refractivity contribution in [3.05, 3.63) is 33.8 Å². The molecule has 0 saturated carbocycles. The third-order valence-corrected chi connectivity index (χ3v) is 4.47. The van der Waals surface area contributed by atoms with Crippen LogP contribution in [0.15, 0.2) is 22.7 Å². The second-order valence-electron chi connectivity index (χ2n) is 4.51. The Hall–Kier alpha value is -0.340. The van der Waals surface area contributed by atoms with Gasteiger partial charge in [-0.3, -0.25) is 4.90 Å². The molecule has 0 unspecified atom stereocenters. The summed E-state index contributed by atoms with van der Waals surface area (Å²) < 4.78 is 1.28. The van der Waals surface area contributed by atoms with Crippen LogP contribution < -0.4 is 0 Å². The van der Waals surface area contributed by atoms with E-state index in [9.17, 15) is 0 Å².